The number of unbranched alkanes of at least 4 members (excludes halogenated alkanes) is 3. The van der Waals surface area contributed by atoms with Crippen LogP contribution in [0.1, 0.15) is 89.2 Å². The first-order chi connectivity index (χ1) is 25.2. The molecule has 0 heterocycles. The first-order valence-corrected chi connectivity index (χ1v) is 18.4. The highest BCUT2D eigenvalue weighted by Crippen LogP contribution is 2.32. The van der Waals surface area contributed by atoms with Gasteiger partial charge in [-0.05, 0) is 105 Å². The zero-order valence-electron chi connectivity index (χ0n) is 31.3. The molecule has 0 spiro atoms. The van der Waals surface area contributed by atoms with Crippen molar-refractivity contribution in [3.05, 3.63) is 71.8 Å². The Morgan fingerprint density at radius 2 is 1.15 bits per heavy atom. The second-order valence-electron chi connectivity index (χ2n) is 13.0. The van der Waals surface area contributed by atoms with Crippen LogP contribution in [-0.2, 0) is 28.6 Å². The van der Waals surface area contributed by atoms with Crippen LogP contribution in [-0.4, -0.2) is 65.2 Å². The molecule has 0 saturated heterocycles. The number of hydrogen-bond donors (Lipinski definition) is 0. The summed E-state index contributed by atoms with van der Waals surface area (Å²) in [6.07, 6.45) is 16.1. The summed E-state index contributed by atoms with van der Waals surface area (Å²) in [5.41, 5.74) is 1.96. The molecule has 1 fully saturated rings. The van der Waals surface area contributed by atoms with Gasteiger partial charge in [0.2, 0.25) is 0 Å². The minimum atomic E-state index is -0.468. The first-order valence-electron chi connectivity index (χ1n) is 18.4. The van der Waals surface area contributed by atoms with Gasteiger partial charge in [0.25, 0.3) is 0 Å². The van der Waals surface area contributed by atoms with Gasteiger partial charge in [0.1, 0.15) is 0 Å². The zero-order valence-corrected chi connectivity index (χ0v) is 31.3. The minimum absolute atomic E-state index is 0.185. The molecule has 1 saturated carbocycles. The molecular formula is C42H56O10. The molecule has 0 unspecified atom stereocenters. The Morgan fingerprint density at radius 3 is 1.69 bits per heavy atom. The Kier molecular flexibility index (Phi) is 19.0. The SMILES string of the molecule is C=C(C)C(=O)OCCCCCCOc1ccc(/C=C/C(=O)OCCCOc2ccc(/C=C/C(=O)OCC3CCC(CC)CC3)cc2OC)cc1OC. The van der Waals surface area contributed by atoms with Crippen LogP contribution < -0.4 is 18.9 Å². The number of carbonyl (C=O) groups is 3. The summed E-state index contributed by atoms with van der Waals surface area (Å²) in [5.74, 6) is 2.38. The van der Waals surface area contributed by atoms with E-state index in [1.165, 1.54) is 31.4 Å². The molecular weight excluding hydrogens is 664 g/mol. The van der Waals surface area contributed by atoms with E-state index in [0.29, 0.717) is 67.3 Å². The summed E-state index contributed by atoms with van der Waals surface area (Å²) in [6, 6.07) is 10.9. The number of esters is 3. The third kappa shape index (κ3) is 15.7. The molecule has 1 aliphatic rings. The lowest BCUT2D eigenvalue weighted by Gasteiger charge is -2.27. The fourth-order valence-electron chi connectivity index (χ4n) is 5.69. The molecule has 0 amide bonds. The summed E-state index contributed by atoms with van der Waals surface area (Å²) in [7, 11) is 3.12. The van der Waals surface area contributed by atoms with Crippen LogP contribution in [0.4, 0.5) is 0 Å². The van der Waals surface area contributed by atoms with Crippen molar-refractivity contribution in [1.29, 1.82) is 0 Å². The second-order valence-corrected chi connectivity index (χ2v) is 13.0. The van der Waals surface area contributed by atoms with Crippen molar-refractivity contribution in [1.82, 2.24) is 0 Å². The van der Waals surface area contributed by atoms with Crippen LogP contribution in [0.3, 0.4) is 0 Å². The van der Waals surface area contributed by atoms with Crippen molar-refractivity contribution in [2.24, 2.45) is 11.8 Å². The molecule has 10 heteroatoms. The number of benzene rings is 2. The number of ether oxygens (including phenoxy) is 7. The predicted molar refractivity (Wildman–Crippen MR) is 202 cm³/mol. The summed E-state index contributed by atoms with van der Waals surface area (Å²) in [6.45, 7) is 9.34. The minimum Gasteiger partial charge on any atom is -0.493 e. The number of hydrogen-bond acceptors (Lipinski definition) is 10. The quantitative estimate of drug-likeness (QED) is 0.0479. The van der Waals surface area contributed by atoms with Crippen LogP contribution in [0.5, 0.6) is 23.0 Å². The molecule has 2 aromatic carbocycles. The third-order valence-corrected chi connectivity index (χ3v) is 8.87. The maximum atomic E-state index is 12.3. The first kappa shape index (κ1) is 41.7. The van der Waals surface area contributed by atoms with E-state index in [1.807, 2.05) is 18.2 Å². The van der Waals surface area contributed by atoms with E-state index in [4.69, 9.17) is 33.2 Å². The van der Waals surface area contributed by atoms with Gasteiger partial charge in [-0.25, -0.2) is 14.4 Å². The van der Waals surface area contributed by atoms with E-state index in [1.54, 1.807) is 51.5 Å². The van der Waals surface area contributed by atoms with E-state index in [0.717, 1.165) is 55.6 Å². The summed E-state index contributed by atoms with van der Waals surface area (Å²) >= 11 is 0. The van der Waals surface area contributed by atoms with Crippen LogP contribution >= 0.6 is 0 Å². The molecule has 0 aliphatic heterocycles. The van der Waals surface area contributed by atoms with E-state index in [9.17, 15) is 14.4 Å². The molecule has 0 N–H and O–H groups in total. The van der Waals surface area contributed by atoms with Crippen LogP contribution in [0.15, 0.2) is 60.7 Å². The maximum absolute atomic E-state index is 12.3. The molecule has 0 aromatic heterocycles. The lowest BCUT2D eigenvalue weighted by molar-refractivity contribution is -0.140. The average molecular weight is 721 g/mol. The summed E-state index contributed by atoms with van der Waals surface area (Å²) < 4.78 is 38.6. The average Bonchev–Trinajstić information content (AvgIpc) is 3.16. The largest absolute Gasteiger partial charge is 0.493 e. The number of carbonyl (C=O) groups excluding carboxylic acids is 3. The van der Waals surface area contributed by atoms with Crippen molar-refractivity contribution >= 4 is 30.1 Å². The highest BCUT2D eigenvalue weighted by Gasteiger charge is 2.21. The van der Waals surface area contributed by atoms with Gasteiger partial charge in [0, 0.05) is 24.1 Å². The van der Waals surface area contributed by atoms with Crippen LogP contribution in [0, 0.1) is 11.8 Å². The zero-order chi connectivity index (χ0) is 37.6. The van der Waals surface area contributed by atoms with Crippen LogP contribution in [0.25, 0.3) is 12.2 Å². The van der Waals surface area contributed by atoms with Gasteiger partial charge in [-0.1, -0.05) is 44.9 Å². The van der Waals surface area contributed by atoms with Crippen molar-refractivity contribution in [3.8, 4) is 23.0 Å². The fraction of sp³-hybridized carbons (Fsp3) is 0.500. The van der Waals surface area contributed by atoms with Gasteiger partial charge >= 0.3 is 17.9 Å². The number of rotatable bonds is 23. The normalized spacial score (nSPS) is 15.6. The Bertz CT molecular complexity index is 1490. The van der Waals surface area contributed by atoms with E-state index in [-0.39, 0.29) is 18.5 Å². The Hall–Kier alpha value is -4.73. The molecule has 10 nitrogen and oxygen atoms in total. The molecule has 2 aromatic rings. The molecule has 0 atom stereocenters. The Labute approximate surface area is 309 Å². The van der Waals surface area contributed by atoms with Crippen LogP contribution in [0.2, 0.25) is 0 Å². The van der Waals surface area contributed by atoms with E-state index >= 15 is 0 Å². The molecule has 284 valence electrons. The molecule has 52 heavy (non-hydrogen) atoms. The fourth-order valence-corrected chi connectivity index (χ4v) is 5.69. The Balaban J connectivity index is 1.31. The molecule has 0 radical (unpaired) electrons. The summed E-state index contributed by atoms with van der Waals surface area (Å²) in [4.78, 5) is 36.0. The lowest BCUT2D eigenvalue weighted by atomic mass is 9.81. The van der Waals surface area contributed by atoms with Crippen molar-refractivity contribution < 1.29 is 47.5 Å². The van der Waals surface area contributed by atoms with Gasteiger partial charge in [0.15, 0.2) is 23.0 Å². The standard InChI is InChI=1S/C42H56O10/c1-6-32-12-14-35(15-13-32)30-52-41(44)23-19-34-17-21-37(39(29-34)47-5)49-26-11-27-50-40(43)22-18-33-16-20-36(38(28-33)46-4)48-24-9-7-8-10-25-51-42(45)31(2)3/h16-23,28-29,32,35H,2,6-15,24-27,30H2,1,3-5H3/b22-18+,23-19+. The Morgan fingerprint density at radius 1 is 0.654 bits per heavy atom. The smallest absolute Gasteiger partial charge is 0.333 e. The highest BCUT2D eigenvalue weighted by molar-refractivity contribution is 5.88. The van der Waals surface area contributed by atoms with Gasteiger partial charge in [-0.2, -0.15) is 0 Å². The monoisotopic (exact) mass is 720 g/mol. The van der Waals surface area contributed by atoms with Crippen molar-refractivity contribution in [2.45, 2.75) is 78.1 Å². The molecule has 1 aliphatic carbocycles. The topological polar surface area (TPSA) is 116 Å². The maximum Gasteiger partial charge on any atom is 0.333 e. The second kappa shape index (κ2) is 23.7. The predicted octanol–water partition coefficient (Wildman–Crippen LogP) is 8.56. The van der Waals surface area contributed by atoms with Gasteiger partial charge in [-0.15, -0.1) is 0 Å². The van der Waals surface area contributed by atoms with Gasteiger partial charge in [0.05, 0.1) is 47.3 Å². The van der Waals surface area contributed by atoms with E-state index in [2.05, 4.69) is 13.5 Å². The highest BCUT2D eigenvalue weighted by atomic mass is 16.5. The van der Waals surface area contributed by atoms with Crippen molar-refractivity contribution in [3.63, 3.8) is 0 Å². The van der Waals surface area contributed by atoms with Gasteiger partial charge in [-0.3, -0.25) is 0 Å². The molecule has 3 rings (SSSR count). The number of methoxy groups -OCH3 is 2. The van der Waals surface area contributed by atoms with E-state index < -0.39 is 5.97 Å². The van der Waals surface area contributed by atoms with Crippen molar-refractivity contribution in [2.75, 3.05) is 47.3 Å². The van der Waals surface area contributed by atoms with Gasteiger partial charge < -0.3 is 33.2 Å². The molecule has 0 bridgehead atoms. The summed E-state index contributed by atoms with van der Waals surface area (Å²) in [5, 5.41) is 0. The lowest BCUT2D eigenvalue weighted by Crippen LogP contribution is -2.19. The third-order valence-electron chi connectivity index (χ3n) is 8.87.